The Morgan fingerprint density at radius 1 is 0.833 bits per heavy atom. The first kappa shape index (κ1) is 34.6. The van der Waals surface area contributed by atoms with Crippen LogP contribution in [-0.2, 0) is 21.8 Å². The lowest BCUT2D eigenvalue weighted by atomic mass is 9.84. The van der Waals surface area contributed by atoms with Gasteiger partial charge in [0.2, 0.25) is 10.3 Å². The number of ether oxygens (including phenoxy) is 2. The van der Waals surface area contributed by atoms with E-state index in [1.165, 1.54) is 13.8 Å². The van der Waals surface area contributed by atoms with E-state index in [-0.39, 0.29) is 34.2 Å². The molecule has 254 valence electrons. The van der Waals surface area contributed by atoms with Gasteiger partial charge in [-0.15, -0.1) is 22.7 Å². The summed E-state index contributed by atoms with van der Waals surface area (Å²) in [6, 6.07) is 4.43. The number of nitrogens with one attached hydrogen (secondary N) is 2. The van der Waals surface area contributed by atoms with E-state index in [0.29, 0.717) is 27.4 Å². The summed E-state index contributed by atoms with van der Waals surface area (Å²) in [6.45, 7) is 2.85. The fraction of sp³-hybridized carbons (Fsp3) is 0.259. The van der Waals surface area contributed by atoms with E-state index < -0.39 is 79.8 Å². The number of hydrogen-bond donors (Lipinski definition) is 2. The fourth-order valence-corrected chi connectivity index (χ4v) is 6.31. The Morgan fingerprint density at radius 2 is 1.35 bits per heavy atom. The summed E-state index contributed by atoms with van der Waals surface area (Å²) < 4.78 is 98.7. The Morgan fingerprint density at radius 3 is 1.83 bits per heavy atom. The van der Waals surface area contributed by atoms with Crippen molar-refractivity contribution in [2.24, 2.45) is 0 Å². The fourth-order valence-electron chi connectivity index (χ4n) is 4.67. The van der Waals surface area contributed by atoms with E-state index in [2.05, 4.69) is 9.97 Å². The molecule has 0 bridgehead atoms. The van der Waals surface area contributed by atoms with Crippen molar-refractivity contribution < 1.29 is 45.4 Å². The molecular weight excluding hydrogens is 718 g/mol. The van der Waals surface area contributed by atoms with E-state index in [9.17, 15) is 45.5 Å². The molecule has 1 atom stereocenters. The highest BCUT2D eigenvalue weighted by molar-refractivity contribution is 7.12. The molecule has 0 spiro atoms. The summed E-state index contributed by atoms with van der Waals surface area (Å²) in [5.41, 5.74) is -10.3. The number of nitrogens with zero attached hydrogens (tertiary/aromatic N) is 4. The summed E-state index contributed by atoms with van der Waals surface area (Å²) in [5, 5.41) is 4.95. The average Bonchev–Trinajstić information content (AvgIpc) is 3.80. The maximum absolute atomic E-state index is 14.9. The number of alkyl halides is 6. The smallest absolute Gasteiger partial charge is 0.433 e. The summed E-state index contributed by atoms with van der Waals surface area (Å²) >= 11 is 7.02. The third kappa shape index (κ3) is 6.54. The molecule has 5 rings (SSSR count). The monoisotopic (exact) mass is 736 g/mol. The number of esters is 2. The van der Waals surface area contributed by atoms with E-state index in [0.717, 1.165) is 35.0 Å². The van der Waals surface area contributed by atoms with Crippen LogP contribution in [0.5, 0.6) is 0 Å². The van der Waals surface area contributed by atoms with E-state index in [1.54, 1.807) is 0 Å². The van der Waals surface area contributed by atoms with Gasteiger partial charge < -0.3 is 9.47 Å². The molecule has 4 aromatic heterocycles. The van der Waals surface area contributed by atoms with Crippen molar-refractivity contribution in [3.63, 3.8) is 0 Å². The average molecular weight is 737 g/mol. The standard InChI is InChI=1S/C27H19ClF6N6O6S2/c1-3-45-22(43)13-9-47-24(35-13)39-19(27(32,33)34)17(20(41)38-39)15(11-5-7-12(28)8-6-11)16-18(26(29,30)31)37-40(21(16)42)25-36-14(10-48-25)23(44)46-4-2/h5-10,15,37H,3-4H2,1-2H3,(H,38,41). The first-order chi connectivity index (χ1) is 22.6. The van der Waals surface area contributed by atoms with Gasteiger partial charge in [-0.25, -0.2) is 24.2 Å². The van der Waals surface area contributed by atoms with E-state index in [4.69, 9.17) is 21.1 Å². The van der Waals surface area contributed by atoms with Crippen molar-refractivity contribution in [1.82, 2.24) is 29.5 Å². The number of H-pyrrole nitrogens is 2. The van der Waals surface area contributed by atoms with Crippen LogP contribution in [0.25, 0.3) is 10.3 Å². The van der Waals surface area contributed by atoms with Crippen molar-refractivity contribution in [2.75, 3.05) is 13.2 Å². The van der Waals surface area contributed by atoms with E-state index >= 15 is 0 Å². The molecule has 0 fully saturated rings. The minimum absolute atomic E-state index is 0.0473. The minimum atomic E-state index is -5.44. The van der Waals surface area contributed by atoms with E-state index in [1.807, 2.05) is 10.2 Å². The molecule has 0 radical (unpaired) electrons. The summed E-state index contributed by atoms with van der Waals surface area (Å²) in [5.74, 6) is -4.23. The van der Waals surface area contributed by atoms with Crippen molar-refractivity contribution in [1.29, 1.82) is 0 Å². The topological polar surface area (TPSA) is 154 Å². The Kier molecular flexibility index (Phi) is 9.44. The number of thiazole rings is 2. The van der Waals surface area contributed by atoms with Crippen LogP contribution in [0.4, 0.5) is 26.3 Å². The third-order valence-corrected chi connectivity index (χ3v) is 8.44. The molecule has 0 aliphatic heterocycles. The highest BCUT2D eigenvalue weighted by Gasteiger charge is 2.47. The highest BCUT2D eigenvalue weighted by atomic mass is 35.5. The number of carbonyl (C=O) groups is 2. The van der Waals surface area contributed by atoms with Gasteiger partial charge in [-0.1, -0.05) is 23.7 Å². The maximum atomic E-state index is 14.9. The number of hydrogen-bond acceptors (Lipinski definition) is 10. The quantitative estimate of drug-likeness (QED) is 0.143. The van der Waals surface area contributed by atoms with Crippen LogP contribution < -0.4 is 11.1 Å². The van der Waals surface area contributed by atoms with Gasteiger partial charge in [0.1, 0.15) is 5.69 Å². The molecule has 2 N–H and O–H groups in total. The minimum Gasteiger partial charge on any atom is -0.461 e. The Bertz CT molecular complexity index is 2110. The van der Waals surface area contributed by atoms with Crippen molar-refractivity contribution in [2.45, 2.75) is 32.1 Å². The number of aromatic nitrogens is 6. The lowest BCUT2D eigenvalue weighted by molar-refractivity contribution is -0.143. The molecule has 0 saturated heterocycles. The second-order valence-electron chi connectivity index (χ2n) is 9.53. The molecule has 5 aromatic rings. The first-order valence-electron chi connectivity index (χ1n) is 13.4. The van der Waals surface area contributed by atoms with Crippen LogP contribution in [0.2, 0.25) is 5.02 Å². The van der Waals surface area contributed by atoms with Gasteiger partial charge in [-0.05, 0) is 31.5 Å². The molecule has 0 amide bonds. The normalized spacial score (nSPS) is 12.7. The molecule has 0 aliphatic rings. The predicted molar refractivity (Wildman–Crippen MR) is 158 cm³/mol. The van der Waals surface area contributed by atoms with Gasteiger partial charge in [-0.3, -0.25) is 19.8 Å². The Labute approximate surface area is 276 Å². The SMILES string of the molecule is CCOC(=O)c1csc(-n2[nH]c(=O)c(C(c3ccc(Cl)cc3)c3c(C(F)(F)F)[nH]n(-c4nc(C(=O)OCC)cs4)c3=O)c2C(F)(F)F)n1. The van der Waals surface area contributed by atoms with Crippen LogP contribution in [0.3, 0.4) is 0 Å². The largest absolute Gasteiger partial charge is 0.461 e. The summed E-state index contributed by atoms with van der Waals surface area (Å²) in [6.07, 6.45) is -10.8. The summed E-state index contributed by atoms with van der Waals surface area (Å²) in [7, 11) is 0. The van der Waals surface area contributed by atoms with Crippen molar-refractivity contribution >= 4 is 46.2 Å². The molecule has 21 heteroatoms. The second kappa shape index (κ2) is 13.1. The van der Waals surface area contributed by atoms with Crippen LogP contribution in [0.15, 0.2) is 44.6 Å². The number of aromatic amines is 2. The molecule has 12 nitrogen and oxygen atoms in total. The zero-order valence-corrected chi connectivity index (χ0v) is 26.5. The van der Waals surface area contributed by atoms with Crippen LogP contribution in [-0.4, -0.2) is 54.7 Å². The first-order valence-corrected chi connectivity index (χ1v) is 15.6. The van der Waals surface area contributed by atoms with Crippen LogP contribution >= 0.6 is 34.3 Å². The lowest BCUT2D eigenvalue weighted by Gasteiger charge is -2.20. The van der Waals surface area contributed by atoms with Crippen LogP contribution in [0.1, 0.15) is 68.8 Å². The number of benzene rings is 1. The number of halogens is 7. The zero-order chi connectivity index (χ0) is 35.1. The van der Waals surface area contributed by atoms with Crippen LogP contribution in [0, 0.1) is 0 Å². The third-order valence-electron chi connectivity index (χ3n) is 6.53. The van der Waals surface area contributed by atoms with Gasteiger partial charge >= 0.3 is 24.3 Å². The Balaban J connectivity index is 1.82. The lowest BCUT2D eigenvalue weighted by Crippen LogP contribution is -2.26. The Hall–Kier alpha value is -4.69. The second-order valence-corrected chi connectivity index (χ2v) is 11.6. The molecule has 1 aromatic carbocycles. The molecule has 48 heavy (non-hydrogen) atoms. The molecule has 4 heterocycles. The highest BCUT2D eigenvalue weighted by Crippen LogP contribution is 2.43. The summed E-state index contributed by atoms with van der Waals surface area (Å²) in [4.78, 5) is 59.3. The molecule has 1 unspecified atom stereocenters. The van der Waals surface area contributed by atoms with Gasteiger partial charge in [0.25, 0.3) is 11.1 Å². The van der Waals surface area contributed by atoms with Crippen molar-refractivity contribution in [3.05, 3.63) is 100 Å². The van der Waals surface area contributed by atoms with Crippen molar-refractivity contribution in [3.8, 4) is 10.3 Å². The number of carbonyl (C=O) groups excluding carboxylic acids is 2. The van der Waals surface area contributed by atoms with Gasteiger partial charge in [0, 0.05) is 21.7 Å². The zero-order valence-electron chi connectivity index (χ0n) is 24.2. The van der Waals surface area contributed by atoms with Gasteiger partial charge in [0.05, 0.1) is 24.3 Å². The maximum Gasteiger partial charge on any atom is 0.433 e. The van der Waals surface area contributed by atoms with Gasteiger partial charge in [0.15, 0.2) is 17.1 Å². The predicted octanol–water partition coefficient (Wildman–Crippen LogP) is 5.78. The molecule has 0 saturated carbocycles. The molecule has 0 aliphatic carbocycles. The molecular formula is C27H19ClF6N6O6S2. The number of rotatable bonds is 9. The van der Waals surface area contributed by atoms with Gasteiger partial charge in [-0.2, -0.15) is 31.0 Å².